The number of aromatic nitrogens is 4. The van der Waals surface area contributed by atoms with Crippen molar-refractivity contribution in [2.24, 2.45) is 0 Å². The highest BCUT2D eigenvalue weighted by Crippen LogP contribution is 2.20. The van der Waals surface area contributed by atoms with Crippen LogP contribution in [-0.4, -0.2) is 20.6 Å². The van der Waals surface area contributed by atoms with Crippen LogP contribution in [0.2, 0.25) is 0 Å². The zero-order chi connectivity index (χ0) is 15.1. The molecule has 0 amide bonds. The predicted octanol–water partition coefficient (Wildman–Crippen LogP) is 1.23. The Morgan fingerprint density at radius 1 is 1.10 bits per heavy atom. The number of allylic oxidation sites excluding steroid dienone is 2. The summed E-state index contributed by atoms with van der Waals surface area (Å²) in [6, 6.07) is 11.6. The first kappa shape index (κ1) is 13.5. The van der Waals surface area contributed by atoms with Crippen LogP contribution < -0.4 is 10.1 Å². The van der Waals surface area contributed by atoms with Crippen molar-refractivity contribution in [3.8, 4) is 30.0 Å². The maximum Gasteiger partial charge on any atom is 0.361 e. The molecule has 1 aromatic heterocycles. The first-order valence-electron chi connectivity index (χ1n) is 5.49. The van der Waals surface area contributed by atoms with Gasteiger partial charge in [-0.3, -0.25) is 0 Å². The van der Waals surface area contributed by atoms with Crippen molar-refractivity contribution in [2.45, 2.75) is 0 Å². The lowest BCUT2D eigenvalue weighted by atomic mass is 10.2. The van der Waals surface area contributed by atoms with Crippen LogP contribution in [0.15, 0.2) is 35.5 Å². The molecule has 2 rings (SSSR count). The van der Waals surface area contributed by atoms with Crippen molar-refractivity contribution in [1.29, 1.82) is 15.8 Å². The Morgan fingerprint density at radius 2 is 1.81 bits per heavy atom. The van der Waals surface area contributed by atoms with E-state index in [0.29, 0.717) is 11.4 Å². The summed E-state index contributed by atoms with van der Waals surface area (Å²) in [5, 5.41) is 41.9. The fourth-order valence-electron chi connectivity index (χ4n) is 1.34. The second-order valence-corrected chi connectivity index (χ2v) is 3.53. The lowest BCUT2D eigenvalue weighted by Gasteiger charge is -2.05. The Balaban J connectivity index is 2.13. The maximum atomic E-state index is 8.92. The molecular weight excluding hydrogens is 272 g/mol. The summed E-state index contributed by atoms with van der Waals surface area (Å²) < 4.78 is 5.27. The van der Waals surface area contributed by atoms with Crippen LogP contribution in [0.25, 0.3) is 0 Å². The fraction of sp³-hybridized carbons (Fsp3) is 0. The second kappa shape index (κ2) is 6.32. The molecule has 0 unspecified atom stereocenters. The smallest absolute Gasteiger partial charge is 0.361 e. The number of hydrogen-bond donors (Lipinski definition) is 2. The van der Waals surface area contributed by atoms with E-state index in [1.807, 2.05) is 0 Å². The zero-order valence-electron chi connectivity index (χ0n) is 10.4. The molecule has 9 nitrogen and oxygen atoms in total. The van der Waals surface area contributed by atoms with Crippen molar-refractivity contribution >= 4 is 5.69 Å². The van der Waals surface area contributed by atoms with Crippen LogP contribution in [0.3, 0.4) is 0 Å². The highest BCUT2D eigenvalue weighted by molar-refractivity contribution is 5.59. The summed E-state index contributed by atoms with van der Waals surface area (Å²) in [6.45, 7) is 0. The molecule has 0 aliphatic rings. The number of ether oxygens (including phenoxy) is 1. The Bertz CT molecular complexity index is 755. The molecule has 1 heterocycles. The third-order valence-electron chi connectivity index (χ3n) is 2.24. The van der Waals surface area contributed by atoms with Crippen molar-refractivity contribution in [1.82, 2.24) is 20.6 Å². The lowest BCUT2D eigenvalue weighted by molar-refractivity contribution is 0.442. The van der Waals surface area contributed by atoms with Crippen molar-refractivity contribution < 1.29 is 4.74 Å². The molecule has 0 atom stereocenters. The molecule has 21 heavy (non-hydrogen) atoms. The minimum absolute atomic E-state index is 0.0737. The summed E-state index contributed by atoms with van der Waals surface area (Å²) in [7, 11) is 0. The second-order valence-electron chi connectivity index (χ2n) is 3.53. The van der Waals surface area contributed by atoms with E-state index < -0.39 is 0 Å². The molecule has 1 aromatic carbocycles. The summed E-state index contributed by atoms with van der Waals surface area (Å²) in [6.07, 6.45) is 0. The number of nitrogens with zero attached hydrogens (tertiary/aromatic N) is 6. The van der Waals surface area contributed by atoms with Gasteiger partial charge in [-0.25, -0.2) is 0 Å². The molecule has 9 heteroatoms. The Kier molecular flexibility index (Phi) is 4.07. The number of nitrogens with one attached hydrogen (secondary N) is 2. The molecule has 0 spiro atoms. The molecular formula is C12H6N8O. The maximum absolute atomic E-state index is 8.92. The van der Waals surface area contributed by atoms with E-state index in [-0.39, 0.29) is 17.3 Å². The van der Waals surface area contributed by atoms with Gasteiger partial charge in [-0.1, -0.05) is 10.2 Å². The van der Waals surface area contributed by atoms with Gasteiger partial charge >= 0.3 is 6.01 Å². The molecule has 0 saturated heterocycles. The molecule has 0 saturated carbocycles. The fourth-order valence-corrected chi connectivity index (χ4v) is 1.34. The molecule has 0 radical (unpaired) electrons. The first-order valence-corrected chi connectivity index (χ1v) is 5.49. The van der Waals surface area contributed by atoms with Crippen LogP contribution in [0, 0.1) is 34.0 Å². The summed E-state index contributed by atoms with van der Waals surface area (Å²) in [4.78, 5) is 0. The Morgan fingerprint density at radius 3 is 2.33 bits per heavy atom. The van der Waals surface area contributed by atoms with E-state index in [2.05, 4.69) is 25.9 Å². The number of anilines is 1. The zero-order valence-corrected chi connectivity index (χ0v) is 10.4. The van der Waals surface area contributed by atoms with E-state index in [1.54, 1.807) is 42.5 Å². The molecule has 2 N–H and O–H groups in total. The first-order chi connectivity index (χ1) is 10.3. The van der Waals surface area contributed by atoms with Gasteiger partial charge in [-0.05, 0) is 29.5 Å². The van der Waals surface area contributed by atoms with Gasteiger partial charge in [0.05, 0.1) is 0 Å². The van der Waals surface area contributed by atoms with Gasteiger partial charge in [-0.2, -0.15) is 21.0 Å². The minimum atomic E-state index is -0.287. The van der Waals surface area contributed by atoms with Crippen molar-refractivity contribution in [2.75, 3.05) is 5.32 Å². The van der Waals surface area contributed by atoms with Gasteiger partial charge in [0.1, 0.15) is 29.7 Å². The van der Waals surface area contributed by atoms with Gasteiger partial charge < -0.3 is 10.1 Å². The van der Waals surface area contributed by atoms with Crippen LogP contribution in [0.4, 0.5) is 5.69 Å². The van der Waals surface area contributed by atoms with Crippen LogP contribution in [0.5, 0.6) is 11.8 Å². The van der Waals surface area contributed by atoms with Gasteiger partial charge in [0.2, 0.25) is 0 Å². The van der Waals surface area contributed by atoms with Gasteiger partial charge in [0, 0.05) is 5.69 Å². The molecule has 0 bridgehead atoms. The number of benzene rings is 1. The normalized spacial score (nSPS) is 8.81. The van der Waals surface area contributed by atoms with Gasteiger partial charge in [0.25, 0.3) is 0 Å². The average Bonchev–Trinajstić information content (AvgIpc) is 3.02. The van der Waals surface area contributed by atoms with Gasteiger partial charge in [0.15, 0.2) is 5.57 Å². The lowest BCUT2D eigenvalue weighted by Crippen LogP contribution is -2.00. The molecule has 2 aromatic rings. The Labute approximate surface area is 118 Å². The monoisotopic (exact) mass is 278 g/mol. The largest absolute Gasteiger partial charge is 0.422 e. The van der Waals surface area contributed by atoms with Crippen LogP contribution in [-0.2, 0) is 0 Å². The number of H-pyrrole nitrogens is 1. The van der Waals surface area contributed by atoms with Crippen LogP contribution in [0.1, 0.15) is 0 Å². The quantitative estimate of drug-likeness (QED) is 0.793. The number of aromatic amines is 1. The number of nitriles is 3. The molecule has 0 fully saturated rings. The highest BCUT2D eigenvalue weighted by Gasteiger charge is 2.06. The Hall–Kier alpha value is -3.90. The third-order valence-corrected chi connectivity index (χ3v) is 2.24. The number of tetrazole rings is 1. The molecule has 0 aliphatic carbocycles. The van der Waals surface area contributed by atoms with Crippen molar-refractivity contribution in [3.05, 3.63) is 35.5 Å². The van der Waals surface area contributed by atoms with Gasteiger partial charge in [-0.15, -0.1) is 0 Å². The van der Waals surface area contributed by atoms with E-state index in [4.69, 9.17) is 20.5 Å². The van der Waals surface area contributed by atoms with E-state index in [0.717, 1.165) is 0 Å². The molecule has 100 valence electrons. The standard InChI is InChI=1S/C12H6N8O/c13-5-8(6-14)11(7-15)16-9-1-3-10(4-2-9)21-12-17-19-20-18-12/h1-4,16H,(H,17,18,19,20). The average molecular weight is 278 g/mol. The summed E-state index contributed by atoms with van der Waals surface area (Å²) >= 11 is 0. The third kappa shape index (κ3) is 3.31. The molecule has 0 aliphatic heterocycles. The highest BCUT2D eigenvalue weighted by atomic mass is 16.5. The van der Waals surface area contributed by atoms with Crippen LogP contribution >= 0.6 is 0 Å². The number of rotatable bonds is 4. The van der Waals surface area contributed by atoms with Crippen molar-refractivity contribution in [3.63, 3.8) is 0 Å². The topological polar surface area (TPSA) is 147 Å². The van der Waals surface area contributed by atoms with E-state index in [9.17, 15) is 0 Å². The van der Waals surface area contributed by atoms with E-state index in [1.165, 1.54) is 0 Å². The summed E-state index contributed by atoms with van der Waals surface area (Å²) in [5.74, 6) is 0.463. The minimum Gasteiger partial charge on any atom is -0.422 e. The SMILES string of the molecule is N#CC(C#N)=C(C#N)Nc1ccc(Oc2nn[nH]n2)cc1. The van der Waals surface area contributed by atoms with E-state index >= 15 is 0 Å². The predicted molar refractivity (Wildman–Crippen MR) is 68.2 cm³/mol. The number of hydrogen-bond acceptors (Lipinski definition) is 8. The summed E-state index contributed by atoms with van der Waals surface area (Å²) in [5.41, 5.74) is 0.117.